The first-order chi connectivity index (χ1) is 10.6. The molecular formula is C16H18N2O3S. The number of methoxy groups -OCH3 is 2. The van der Waals surface area contributed by atoms with Crippen molar-refractivity contribution in [1.29, 1.82) is 0 Å². The van der Waals surface area contributed by atoms with Crippen LogP contribution in [0.1, 0.15) is 6.92 Å². The van der Waals surface area contributed by atoms with Gasteiger partial charge in [-0.25, -0.2) is 0 Å². The van der Waals surface area contributed by atoms with Crippen molar-refractivity contribution in [3.8, 4) is 11.5 Å². The van der Waals surface area contributed by atoms with Crippen molar-refractivity contribution < 1.29 is 14.3 Å². The van der Waals surface area contributed by atoms with Gasteiger partial charge in [0.05, 0.1) is 25.2 Å². The van der Waals surface area contributed by atoms with Gasteiger partial charge in [-0.3, -0.25) is 9.78 Å². The van der Waals surface area contributed by atoms with Crippen molar-refractivity contribution in [2.75, 3.05) is 19.5 Å². The summed E-state index contributed by atoms with van der Waals surface area (Å²) in [7, 11) is 3.14. The average molecular weight is 318 g/mol. The van der Waals surface area contributed by atoms with E-state index in [1.54, 1.807) is 44.8 Å². The minimum Gasteiger partial charge on any atom is -0.497 e. The lowest BCUT2D eigenvalue weighted by molar-refractivity contribution is -0.115. The summed E-state index contributed by atoms with van der Waals surface area (Å²) in [6, 6.07) is 9.03. The SMILES string of the molecule is COc1ccc(OC)c(NC(=O)[C@@H](C)Sc2ccncc2)c1. The Bertz CT molecular complexity index is 635. The maximum absolute atomic E-state index is 12.3. The number of benzene rings is 1. The summed E-state index contributed by atoms with van der Waals surface area (Å²) < 4.78 is 10.4. The van der Waals surface area contributed by atoms with Gasteiger partial charge in [-0.15, -0.1) is 11.8 Å². The topological polar surface area (TPSA) is 60.5 Å². The van der Waals surface area contributed by atoms with Crippen molar-refractivity contribution in [3.05, 3.63) is 42.7 Å². The van der Waals surface area contributed by atoms with Crippen molar-refractivity contribution >= 4 is 23.4 Å². The lowest BCUT2D eigenvalue weighted by atomic mass is 10.2. The van der Waals surface area contributed by atoms with Crippen LogP contribution in [0.3, 0.4) is 0 Å². The second kappa shape index (κ2) is 7.70. The summed E-state index contributed by atoms with van der Waals surface area (Å²) in [6.45, 7) is 1.85. The number of hydrogen-bond donors (Lipinski definition) is 1. The number of hydrogen-bond acceptors (Lipinski definition) is 5. The summed E-state index contributed by atoms with van der Waals surface area (Å²) in [5.41, 5.74) is 0.592. The molecule has 0 saturated heterocycles. The van der Waals surface area contributed by atoms with Crippen molar-refractivity contribution in [2.24, 2.45) is 0 Å². The number of pyridine rings is 1. The van der Waals surface area contributed by atoms with Crippen LogP contribution in [0.2, 0.25) is 0 Å². The largest absolute Gasteiger partial charge is 0.497 e. The number of ether oxygens (including phenoxy) is 2. The molecule has 0 saturated carbocycles. The number of carbonyl (C=O) groups excluding carboxylic acids is 1. The molecule has 1 heterocycles. The molecule has 0 aliphatic heterocycles. The van der Waals surface area contributed by atoms with Gasteiger partial charge < -0.3 is 14.8 Å². The molecule has 0 unspecified atom stereocenters. The number of carbonyl (C=O) groups is 1. The number of nitrogens with zero attached hydrogens (tertiary/aromatic N) is 1. The second-order valence-corrected chi connectivity index (χ2v) is 5.91. The Morgan fingerprint density at radius 2 is 1.91 bits per heavy atom. The van der Waals surface area contributed by atoms with Crippen LogP contribution in [-0.4, -0.2) is 30.4 Å². The van der Waals surface area contributed by atoms with Crippen LogP contribution in [0, 0.1) is 0 Å². The third-order valence-electron chi connectivity index (χ3n) is 3.00. The molecule has 1 aromatic carbocycles. The van der Waals surface area contributed by atoms with E-state index < -0.39 is 0 Å². The van der Waals surface area contributed by atoms with Gasteiger partial charge >= 0.3 is 0 Å². The molecule has 0 radical (unpaired) electrons. The molecule has 1 amide bonds. The standard InChI is InChI=1S/C16H18N2O3S/c1-11(22-13-6-8-17-9-7-13)16(19)18-14-10-12(20-2)4-5-15(14)21-3/h4-11H,1-3H3,(H,18,19)/t11-/m1/s1. The zero-order valence-electron chi connectivity index (χ0n) is 12.7. The molecule has 1 aromatic heterocycles. The van der Waals surface area contributed by atoms with Crippen LogP contribution in [-0.2, 0) is 4.79 Å². The van der Waals surface area contributed by atoms with E-state index in [2.05, 4.69) is 10.3 Å². The smallest absolute Gasteiger partial charge is 0.237 e. The fourth-order valence-corrected chi connectivity index (χ4v) is 2.67. The molecule has 0 aliphatic carbocycles. The first-order valence-corrected chi connectivity index (χ1v) is 7.61. The molecule has 5 nitrogen and oxygen atoms in total. The highest BCUT2D eigenvalue weighted by Crippen LogP contribution is 2.30. The molecule has 116 valence electrons. The first-order valence-electron chi connectivity index (χ1n) is 6.73. The minimum atomic E-state index is -0.252. The van der Waals surface area contributed by atoms with E-state index in [4.69, 9.17) is 9.47 Å². The van der Waals surface area contributed by atoms with E-state index >= 15 is 0 Å². The Balaban J connectivity index is 2.07. The van der Waals surface area contributed by atoms with Crippen molar-refractivity contribution in [2.45, 2.75) is 17.1 Å². The quantitative estimate of drug-likeness (QED) is 0.829. The summed E-state index contributed by atoms with van der Waals surface area (Å²) in [4.78, 5) is 17.3. The predicted octanol–water partition coefficient (Wildman–Crippen LogP) is 3.22. The number of amides is 1. The van der Waals surface area contributed by atoms with Crippen LogP contribution in [0.5, 0.6) is 11.5 Å². The van der Waals surface area contributed by atoms with E-state index in [1.165, 1.54) is 11.8 Å². The Morgan fingerprint density at radius 3 is 2.55 bits per heavy atom. The van der Waals surface area contributed by atoms with Gasteiger partial charge in [0.2, 0.25) is 5.91 Å². The fraction of sp³-hybridized carbons (Fsp3) is 0.250. The predicted molar refractivity (Wildman–Crippen MR) is 87.7 cm³/mol. The molecule has 2 rings (SSSR count). The highest BCUT2D eigenvalue weighted by molar-refractivity contribution is 8.00. The number of rotatable bonds is 6. The summed E-state index contributed by atoms with van der Waals surface area (Å²) in [6.07, 6.45) is 3.41. The second-order valence-electron chi connectivity index (χ2n) is 4.50. The van der Waals surface area contributed by atoms with E-state index in [0.29, 0.717) is 17.2 Å². The molecule has 6 heteroatoms. The molecule has 0 spiro atoms. The highest BCUT2D eigenvalue weighted by Gasteiger charge is 2.16. The number of thioether (sulfide) groups is 1. The lowest BCUT2D eigenvalue weighted by Crippen LogP contribution is -2.22. The lowest BCUT2D eigenvalue weighted by Gasteiger charge is -2.15. The Kier molecular flexibility index (Phi) is 5.66. The van der Waals surface area contributed by atoms with Gasteiger partial charge in [-0.05, 0) is 31.2 Å². The summed E-state index contributed by atoms with van der Waals surface area (Å²) in [5, 5.41) is 2.62. The van der Waals surface area contributed by atoms with Crippen LogP contribution < -0.4 is 14.8 Å². The maximum Gasteiger partial charge on any atom is 0.237 e. The van der Waals surface area contributed by atoms with Gasteiger partial charge in [-0.1, -0.05) is 0 Å². The van der Waals surface area contributed by atoms with Gasteiger partial charge in [0.25, 0.3) is 0 Å². The number of anilines is 1. The van der Waals surface area contributed by atoms with Crippen LogP contribution >= 0.6 is 11.8 Å². The molecular weight excluding hydrogens is 300 g/mol. The number of nitrogens with one attached hydrogen (secondary N) is 1. The van der Waals surface area contributed by atoms with Crippen molar-refractivity contribution in [1.82, 2.24) is 4.98 Å². The highest BCUT2D eigenvalue weighted by atomic mass is 32.2. The van der Waals surface area contributed by atoms with Gasteiger partial charge in [0.1, 0.15) is 11.5 Å². The Hall–Kier alpha value is -2.21. The zero-order chi connectivity index (χ0) is 15.9. The maximum atomic E-state index is 12.3. The summed E-state index contributed by atoms with van der Waals surface area (Å²) in [5.74, 6) is 1.15. The van der Waals surface area contributed by atoms with Crippen LogP contribution in [0.25, 0.3) is 0 Å². The van der Waals surface area contributed by atoms with E-state index in [0.717, 1.165) is 4.90 Å². The number of aromatic nitrogens is 1. The van der Waals surface area contributed by atoms with Gasteiger partial charge in [0.15, 0.2) is 0 Å². The van der Waals surface area contributed by atoms with Crippen LogP contribution in [0.4, 0.5) is 5.69 Å². The molecule has 1 N–H and O–H groups in total. The third kappa shape index (κ3) is 4.14. The normalized spacial score (nSPS) is 11.6. The third-order valence-corrected chi connectivity index (χ3v) is 4.11. The molecule has 0 aliphatic rings. The fourth-order valence-electron chi connectivity index (χ4n) is 1.82. The average Bonchev–Trinajstić information content (AvgIpc) is 2.55. The minimum absolute atomic E-state index is 0.103. The van der Waals surface area contributed by atoms with E-state index in [9.17, 15) is 4.79 Å². The van der Waals surface area contributed by atoms with Gasteiger partial charge in [0, 0.05) is 23.4 Å². The monoisotopic (exact) mass is 318 g/mol. The summed E-state index contributed by atoms with van der Waals surface area (Å²) >= 11 is 1.47. The van der Waals surface area contributed by atoms with Gasteiger partial charge in [-0.2, -0.15) is 0 Å². The molecule has 22 heavy (non-hydrogen) atoms. The first kappa shape index (κ1) is 16.2. The molecule has 0 fully saturated rings. The molecule has 1 atom stereocenters. The van der Waals surface area contributed by atoms with Crippen LogP contribution in [0.15, 0.2) is 47.6 Å². The van der Waals surface area contributed by atoms with E-state index in [-0.39, 0.29) is 11.2 Å². The Labute approximate surface area is 134 Å². The van der Waals surface area contributed by atoms with Crippen molar-refractivity contribution in [3.63, 3.8) is 0 Å². The van der Waals surface area contributed by atoms with E-state index in [1.807, 2.05) is 19.1 Å². The zero-order valence-corrected chi connectivity index (χ0v) is 13.5. The molecule has 0 bridgehead atoms. The molecule has 2 aromatic rings. The Morgan fingerprint density at radius 1 is 1.18 bits per heavy atom.